The number of nitrogens with zero attached hydrogens (tertiary/aromatic N) is 1. The molecule has 3 nitrogen and oxygen atoms in total. The predicted molar refractivity (Wildman–Crippen MR) is 35.3 cm³/mol. The van der Waals surface area contributed by atoms with E-state index in [0.29, 0.717) is 18.9 Å². The van der Waals surface area contributed by atoms with E-state index in [1.807, 2.05) is 0 Å². The van der Waals surface area contributed by atoms with Crippen LogP contribution < -0.4 is 0 Å². The average molecular weight is 128 g/mol. The molecule has 0 bridgehead atoms. The number of hydrogen-bond acceptors (Lipinski definition) is 2. The molecule has 0 amide bonds. The Balaban J connectivity index is 3.37. The van der Waals surface area contributed by atoms with Gasteiger partial charge in [0.25, 0.3) is 6.04 Å². The lowest BCUT2D eigenvalue weighted by Gasteiger charge is -1.95. The minimum atomic E-state index is -0.358. The molecule has 0 saturated carbocycles. The van der Waals surface area contributed by atoms with Gasteiger partial charge in [0.2, 0.25) is 0 Å². The Hall–Kier alpha value is -0.860. The van der Waals surface area contributed by atoms with Crippen molar-refractivity contribution in [3.05, 3.63) is 28.8 Å². The Morgan fingerprint density at radius 2 is 2.44 bits per heavy atom. The van der Waals surface area contributed by atoms with Gasteiger partial charge in [-0.15, -0.1) is 6.58 Å². The summed E-state index contributed by atoms with van der Waals surface area (Å²) in [5.74, 6) is 0. The molecular weight excluding hydrogens is 118 g/mol. The van der Waals surface area contributed by atoms with E-state index >= 15 is 0 Å². The summed E-state index contributed by atoms with van der Waals surface area (Å²) < 4.78 is 0. The smallest absolute Gasteiger partial charge is 0.264 e. The molecular formula is C6H10NO2. The highest BCUT2D eigenvalue weighted by atomic mass is 16.6. The highest BCUT2D eigenvalue weighted by Gasteiger charge is 2.12. The van der Waals surface area contributed by atoms with E-state index in [9.17, 15) is 10.1 Å². The van der Waals surface area contributed by atoms with Gasteiger partial charge in [0.15, 0.2) is 0 Å². The normalized spacial score (nSPS) is 9.56. The molecule has 0 aliphatic rings. The Bertz CT molecular complexity index is 112. The first-order valence-electron chi connectivity index (χ1n) is 2.76. The third kappa shape index (κ3) is 3.70. The lowest BCUT2D eigenvalue weighted by atomic mass is 10.2. The highest BCUT2D eigenvalue weighted by molar-refractivity contribution is 4.76. The van der Waals surface area contributed by atoms with E-state index in [0.717, 1.165) is 0 Å². The van der Waals surface area contributed by atoms with Crippen LogP contribution in [0.3, 0.4) is 0 Å². The summed E-state index contributed by atoms with van der Waals surface area (Å²) in [7, 11) is 0. The molecule has 0 atom stereocenters. The second kappa shape index (κ2) is 4.06. The summed E-state index contributed by atoms with van der Waals surface area (Å²) in [6.45, 7) is 4.97. The molecule has 0 aromatic rings. The van der Waals surface area contributed by atoms with Crippen LogP contribution in [0.2, 0.25) is 0 Å². The second-order valence-electron chi connectivity index (χ2n) is 1.82. The first kappa shape index (κ1) is 8.14. The van der Waals surface area contributed by atoms with Crippen molar-refractivity contribution in [1.29, 1.82) is 0 Å². The van der Waals surface area contributed by atoms with Crippen LogP contribution >= 0.6 is 0 Å². The molecule has 0 saturated heterocycles. The van der Waals surface area contributed by atoms with Gasteiger partial charge in [-0.05, 0) is 6.42 Å². The molecule has 0 aliphatic heterocycles. The largest absolute Gasteiger partial charge is 0.287 e. The number of nitro groups is 1. The van der Waals surface area contributed by atoms with E-state index in [-0.39, 0.29) is 4.92 Å². The summed E-state index contributed by atoms with van der Waals surface area (Å²) in [4.78, 5) is 9.58. The van der Waals surface area contributed by atoms with Crippen molar-refractivity contribution in [2.75, 3.05) is 0 Å². The van der Waals surface area contributed by atoms with Crippen molar-refractivity contribution in [2.45, 2.75) is 19.8 Å². The molecule has 0 unspecified atom stereocenters. The van der Waals surface area contributed by atoms with Gasteiger partial charge in [0.1, 0.15) is 0 Å². The topological polar surface area (TPSA) is 43.1 Å². The van der Waals surface area contributed by atoms with Crippen LogP contribution in [-0.2, 0) is 0 Å². The summed E-state index contributed by atoms with van der Waals surface area (Å²) in [6, 6.07) is 0.301. The summed E-state index contributed by atoms with van der Waals surface area (Å²) in [5, 5.41) is 9.94. The second-order valence-corrected chi connectivity index (χ2v) is 1.82. The summed E-state index contributed by atoms with van der Waals surface area (Å²) in [6.07, 6.45) is 2.87. The van der Waals surface area contributed by atoms with Gasteiger partial charge >= 0.3 is 0 Å². The predicted octanol–water partition coefficient (Wildman–Crippen LogP) is 1.78. The fourth-order valence-electron chi connectivity index (χ4n) is 0.402. The maximum atomic E-state index is 9.94. The average Bonchev–Trinajstić information content (AvgIpc) is 1.82. The molecule has 3 heteroatoms. The fourth-order valence-corrected chi connectivity index (χ4v) is 0.402. The summed E-state index contributed by atoms with van der Waals surface area (Å²) in [5.41, 5.74) is 0. The lowest BCUT2D eigenvalue weighted by Crippen LogP contribution is -2.04. The number of allylic oxidation sites excluding steroid dienone is 1. The first-order valence-corrected chi connectivity index (χ1v) is 2.76. The molecule has 0 fully saturated rings. The minimum absolute atomic E-state index is 0.301. The summed E-state index contributed by atoms with van der Waals surface area (Å²) >= 11 is 0. The quantitative estimate of drug-likeness (QED) is 0.329. The van der Waals surface area contributed by atoms with Gasteiger partial charge in [-0.25, -0.2) is 0 Å². The van der Waals surface area contributed by atoms with Crippen LogP contribution in [-0.4, -0.2) is 4.92 Å². The fraction of sp³-hybridized carbons (Fsp3) is 0.500. The van der Waals surface area contributed by atoms with Crippen LogP contribution in [0.15, 0.2) is 12.7 Å². The van der Waals surface area contributed by atoms with Crippen molar-refractivity contribution < 1.29 is 4.92 Å². The van der Waals surface area contributed by atoms with Crippen LogP contribution in [0, 0.1) is 16.2 Å². The molecule has 51 valence electrons. The maximum absolute atomic E-state index is 9.94. The van der Waals surface area contributed by atoms with Crippen molar-refractivity contribution in [1.82, 2.24) is 0 Å². The maximum Gasteiger partial charge on any atom is 0.287 e. The van der Waals surface area contributed by atoms with E-state index in [2.05, 4.69) is 6.58 Å². The third-order valence-corrected chi connectivity index (χ3v) is 1.02. The van der Waals surface area contributed by atoms with Gasteiger partial charge in [-0.3, -0.25) is 10.1 Å². The Morgan fingerprint density at radius 1 is 1.89 bits per heavy atom. The molecule has 0 heterocycles. The van der Waals surface area contributed by atoms with Gasteiger partial charge in [-0.2, -0.15) is 0 Å². The monoisotopic (exact) mass is 128 g/mol. The van der Waals surface area contributed by atoms with Crippen molar-refractivity contribution >= 4 is 0 Å². The van der Waals surface area contributed by atoms with E-state index < -0.39 is 0 Å². The molecule has 0 spiro atoms. The van der Waals surface area contributed by atoms with Crippen LogP contribution in [0.1, 0.15) is 19.8 Å². The standard InChI is InChI=1S/C6H10NO2/c1-3-4-5-6(2)7(8)9/h3H,1,4-5H2,2H3. The Morgan fingerprint density at radius 3 is 2.78 bits per heavy atom. The number of rotatable bonds is 4. The molecule has 0 aliphatic carbocycles. The van der Waals surface area contributed by atoms with Crippen LogP contribution in [0.5, 0.6) is 0 Å². The van der Waals surface area contributed by atoms with Crippen LogP contribution in [0.4, 0.5) is 0 Å². The SMILES string of the molecule is C=CCC[C](C)[N+](=O)[O-]. The molecule has 0 rings (SSSR count). The Labute approximate surface area is 54.5 Å². The van der Waals surface area contributed by atoms with Crippen molar-refractivity contribution in [3.8, 4) is 0 Å². The Kier molecular flexibility index (Phi) is 3.67. The highest BCUT2D eigenvalue weighted by Crippen LogP contribution is 2.07. The molecule has 0 N–H and O–H groups in total. The molecule has 0 aromatic heterocycles. The van der Waals surface area contributed by atoms with Crippen molar-refractivity contribution in [2.24, 2.45) is 0 Å². The zero-order valence-corrected chi connectivity index (χ0v) is 5.46. The first-order chi connectivity index (χ1) is 4.18. The van der Waals surface area contributed by atoms with E-state index in [4.69, 9.17) is 0 Å². The van der Waals surface area contributed by atoms with E-state index in [1.54, 1.807) is 6.08 Å². The third-order valence-electron chi connectivity index (χ3n) is 1.02. The lowest BCUT2D eigenvalue weighted by molar-refractivity contribution is -0.465. The van der Waals surface area contributed by atoms with Gasteiger partial charge in [-0.1, -0.05) is 6.08 Å². The molecule has 9 heavy (non-hydrogen) atoms. The minimum Gasteiger partial charge on any atom is -0.264 e. The zero-order chi connectivity index (χ0) is 7.28. The molecule has 1 radical (unpaired) electrons. The van der Waals surface area contributed by atoms with Crippen molar-refractivity contribution in [3.63, 3.8) is 0 Å². The van der Waals surface area contributed by atoms with Gasteiger partial charge < -0.3 is 0 Å². The molecule has 0 aromatic carbocycles. The zero-order valence-electron chi connectivity index (χ0n) is 5.46. The van der Waals surface area contributed by atoms with E-state index in [1.165, 1.54) is 6.92 Å². The number of hydrogen-bond donors (Lipinski definition) is 0. The van der Waals surface area contributed by atoms with Gasteiger partial charge in [0.05, 0.1) is 0 Å². The van der Waals surface area contributed by atoms with Gasteiger partial charge in [0, 0.05) is 18.3 Å². The van der Waals surface area contributed by atoms with Crippen LogP contribution in [0.25, 0.3) is 0 Å².